The first-order chi connectivity index (χ1) is 16.6. The van der Waals surface area contributed by atoms with Gasteiger partial charge in [0.15, 0.2) is 0 Å². The van der Waals surface area contributed by atoms with E-state index in [9.17, 15) is 4.39 Å². The van der Waals surface area contributed by atoms with Crippen molar-refractivity contribution in [2.45, 2.75) is 81.7 Å². The molecular formula is C33H48FN. The van der Waals surface area contributed by atoms with Crippen molar-refractivity contribution in [1.29, 1.82) is 0 Å². The molecule has 0 spiro atoms. The lowest BCUT2D eigenvalue weighted by atomic mass is 9.99. The maximum absolute atomic E-state index is 12.6. The van der Waals surface area contributed by atoms with Gasteiger partial charge in [-0.1, -0.05) is 86.7 Å². The molecule has 0 N–H and O–H groups in total. The molecule has 2 aromatic carbocycles. The van der Waals surface area contributed by atoms with Crippen molar-refractivity contribution in [3.05, 3.63) is 118 Å². The monoisotopic (exact) mass is 477 g/mol. The van der Waals surface area contributed by atoms with Gasteiger partial charge >= 0.3 is 0 Å². The van der Waals surface area contributed by atoms with E-state index in [1.807, 2.05) is 26.8 Å². The van der Waals surface area contributed by atoms with Crippen LogP contribution in [-0.4, -0.2) is 11.6 Å². The molecule has 0 amide bonds. The molecule has 0 saturated carbocycles. The van der Waals surface area contributed by atoms with E-state index < -0.39 is 0 Å². The first-order valence-electron chi connectivity index (χ1n) is 12.7. The third-order valence-electron chi connectivity index (χ3n) is 5.80. The van der Waals surface area contributed by atoms with Gasteiger partial charge in [0.2, 0.25) is 0 Å². The first kappa shape index (κ1) is 32.1. The Morgan fingerprint density at radius 2 is 1.54 bits per heavy atom. The van der Waals surface area contributed by atoms with Crippen molar-refractivity contribution in [1.82, 2.24) is 4.90 Å². The minimum absolute atomic E-state index is 0.279. The Labute approximate surface area is 215 Å². The summed E-state index contributed by atoms with van der Waals surface area (Å²) in [6.45, 7) is 27.1. The van der Waals surface area contributed by atoms with Gasteiger partial charge < -0.3 is 4.90 Å². The lowest BCUT2D eigenvalue weighted by molar-refractivity contribution is 0.427. The smallest absolute Gasteiger partial charge is 0.0897 e. The molecule has 0 heterocycles. The molecule has 0 radical (unpaired) electrons. The van der Waals surface area contributed by atoms with Gasteiger partial charge in [0, 0.05) is 17.9 Å². The molecule has 0 aliphatic rings. The van der Waals surface area contributed by atoms with Crippen LogP contribution in [0.1, 0.15) is 74.4 Å². The van der Waals surface area contributed by atoms with Crippen molar-refractivity contribution in [2.75, 3.05) is 6.67 Å². The van der Waals surface area contributed by atoms with Gasteiger partial charge in [0.05, 0.1) is 6.67 Å². The molecule has 2 aromatic rings. The second kappa shape index (κ2) is 17.5. The molecule has 0 fully saturated rings. The molecule has 192 valence electrons. The van der Waals surface area contributed by atoms with Gasteiger partial charge in [0.25, 0.3) is 0 Å². The van der Waals surface area contributed by atoms with Crippen LogP contribution >= 0.6 is 0 Å². The summed E-state index contributed by atoms with van der Waals surface area (Å²) >= 11 is 0. The number of aryl methyl sites for hydroxylation is 4. The number of hydrogen-bond acceptors (Lipinski definition) is 1. The van der Waals surface area contributed by atoms with Crippen LogP contribution in [-0.2, 0) is 13.0 Å². The number of hydrogen-bond donors (Lipinski definition) is 0. The fourth-order valence-corrected chi connectivity index (χ4v) is 3.58. The van der Waals surface area contributed by atoms with Gasteiger partial charge in [-0.25, -0.2) is 0 Å². The van der Waals surface area contributed by atoms with Crippen LogP contribution in [0.5, 0.6) is 0 Å². The van der Waals surface area contributed by atoms with E-state index in [0.29, 0.717) is 6.42 Å². The maximum Gasteiger partial charge on any atom is 0.0897 e. The summed E-state index contributed by atoms with van der Waals surface area (Å²) in [6.07, 6.45) is 7.11. The van der Waals surface area contributed by atoms with Gasteiger partial charge in [0.1, 0.15) is 0 Å². The van der Waals surface area contributed by atoms with E-state index in [1.54, 1.807) is 6.08 Å². The molecule has 0 aliphatic carbocycles. The molecule has 0 unspecified atom stereocenters. The molecule has 2 heteroatoms. The molecule has 0 aliphatic heterocycles. The summed E-state index contributed by atoms with van der Waals surface area (Å²) in [6, 6.07) is 12.8. The number of benzene rings is 2. The van der Waals surface area contributed by atoms with Crippen LogP contribution in [0.3, 0.4) is 0 Å². The van der Waals surface area contributed by atoms with Crippen molar-refractivity contribution >= 4 is 0 Å². The molecule has 2 rings (SSSR count). The van der Waals surface area contributed by atoms with E-state index in [-0.39, 0.29) is 6.67 Å². The molecule has 35 heavy (non-hydrogen) atoms. The van der Waals surface area contributed by atoms with Crippen LogP contribution in [0.25, 0.3) is 0 Å². The largest absolute Gasteiger partial charge is 0.342 e. The van der Waals surface area contributed by atoms with E-state index in [2.05, 4.69) is 102 Å². The SMILES string of the molecule is C=C/C=C\C(=C(C)C)N(Cc1cc(C)ccc1CCCF)C(=C)C.CC.Cc1cccc(C)c1C. The molecular weight excluding hydrogens is 429 g/mol. The van der Waals surface area contributed by atoms with Crippen molar-refractivity contribution < 1.29 is 4.39 Å². The Bertz CT molecular complexity index is 970. The van der Waals surface area contributed by atoms with E-state index in [0.717, 1.165) is 24.4 Å². The highest BCUT2D eigenvalue weighted by Gasteiger charge is 2.13. The van der Waals surface area contributed by atoms with Crippen LogP contribution < -0.4 is 0 Å². The molecule has 1 nitrogen and oxygen atoms in total. The Morgan fingerprint density at radius 3 is 2.00 bits per heavy atom. The summed E-state index contributed by atoms with van der Waals surface area (Å²) in [5, 5.41) is 0. The lowest BCUT2D eigenvalue weighted by Crippen LogP contribution is -2.21. The second-order valence-electron chi connectivity index (χ2n) is 8.88. The first-order valence-corrected chi connectivity index (χ1v) is 12.7. The number of rotatable bonds is 9. The molecule has 0 bridgehead atoms. The Kier molecular flexibility index (Phi) is 16.1. The minimum Gasteiger partial charge on any atom is -0.342 e. The predicted octanol–water partition coefficient (Wildman–Crippen LogP) is 9.91. The minimum atomic E-state index is -0.279. The maximum atomic E-state index is 12.6. The lowest BCUT2D eigenvalue weighted by Gasteiger charge is -2.28. The van der Waals surface area contributed by atoms with Gasteiger partial charge in [-0.3, -0.25) is 4.39 Å². The van der Waals surface area contributed by atoms with Gasteiger partial charge in [-0.05, 0) is 95.2 Å². The zero-order chi connectivity index (χ0) is 27.0. The summed E-state index contributed by atoms with van der Waals surface area (Å²) in [5.74, 6) is 0. The normalized spacial score (nSPS) is 10.0. The average Bonchev–Trinajstić information content (AvgIpc) is 2.82. The molecule has 0 atom stereocenters. The van der Waals surface area contributed by atoms with E-state index in [4.69, 9.17) is 0 Å². The van der Waals surface area contributed by atoms with Crippen molar-refractivity contribution in [3.63, 3.8) is 0 Å². The third kappa shape index (κ3) is 11.4. The summed E-state index contributed by atoms with van der Waals surface area (Å²) in [5.41, 5.74) is 11.2. The fraction of sp³-hybridized carbons (Fsp3) is 0.394. The van der Waals surface area contributed by atoms with Crippen molar-refractivity contribution in [2.24, 2.45) is 0 Å². The van der Waals surface area contributed by atoms with Crippen LogP contribution in [0.4, 0.5) is 4.39 Å². The summed E-state index contributed by atoms with van der Waals surface area (Å²) < 4.78 is 12.6. The predicted molar refractivity (Wildman–Crippen MR) is 156 cm³/mol. The second-order valence-corrected chi connectivity index (χ2v) is 8.88. The number of halogens is 1. The van der Waals surface area contributed by atoms with Crippen molar-refractivity contribution in [3.8, 4) is 0 Å². The Balaban J connectivity index is 0.000000870. The highest BCUT2D eigenvalue weighted by molar-refractivity contribution is 5.35. The number of nitrogens with zero attached hydrogens (tertiary/aromatic N) is 1. The third-order valence-corrected chi connectivity index (χ3v) is 5.80. The summed E-state index contributed by atoms with van der Waals surface area (Å²) in [4.78, 5) is 2.21. The highest BCUT2D eigenvalue weighted by Crippen LogP contribution is 2.24. The molecule has 0 aromatic heterocycles. The average molecular weight is 478 g/mol. The zero-order valence-electron chi connectivity index (χ0n) is 23.8. The number of alkyl halides is 1. The quantitative estimate of drug-likeness (QED) is 0.325. The topological polar surface area (TPSA) is 3.24 Å². The fourth-order valence-electron chi connectivity index (χ4n) is 3.58. The van der Waals surface area contributed by atoms with E-state index in [1.165, 1.54) is 39.0 Å². The van der Waals surface area contributed by atoms with Crippen LogP contribution in [0, 0.1) is 27.7 Å². The Morgan fingerprint density at radius 1 is 0.943 bits per heavy atom. The van der Waals surface area contributed by atoms with Gasteiger partial charge in [-0.15, -0.1) is 0 Å². The number of allylic oxidation sites excluding steroid dienone is 5. The summed E-state index contributed by atoms with van der Waals surface area (Å²) in [7, 11) is 0. The van der Waals surface area contributed by atoms with E-state index >= 15 is 0 Å². The molecule has 0 saturated heterocycles. The highest BCUT2D eigenvalue weighted by atomic mass is 19.1. The van der Waals surface area contributed by atoms with Gasteiger partial charge in [-0.2, -0.15) is 0 Å². The Hall–Kier alpha value is -2.87. The van der Waals surface area contributed by atoms with Crippen LogP contribution in [0.15, 0.2) is 84.8 Å². The standard InChI is InChI=1S/C22H30FN.C9H12.C2H6/c1-7-8-11-22(17(2)3)24(18(4)5)16-21-15-19(6)12-13-20(21)10-9-14-23;1-7-5-4-6-8(2)9(7)3;1-2/h7-8,11-13,15H,1,4,9-10,14,16H2,2-3,5-6H3;4-6H,1-3H3;1-2H3/b11-8-;;. The van der Waals surface area contributed by atoms with Crippen LogP contribution in [0.2, 0.25) is 0 Å². The zero-order valence-corrected chi connectivity index (χ0v) is 23.8.